The molecule has 0 bridgehead atoms. The average Bonchev–Trinajstić information content (AvgIpc) is 2.65. The molecule has 0 saturated carbocycles. The number of nitrogens with zero attached hydrogens (tertiary/aromatic N) is 4. The molecule has 1 saturated heterocycles. The highest BCUT2D eigenvalue weighted by Crippen LogP contribution is 2.24. The van der Waals surface area contributed by atoms with Crippen molar-refractivity contribution in [2.24, 2.45) is 5.92 Å². The molecule has 1 aromatic heterocycles. The van der Waals surface area contributed by atoms with Crippen molar-refractivity contribution in [1.29, 1.82) is 0 Å². The Kier molecular flexibility index (Phi) is 2.69. The zero-order valence-corrected chi connectivity index (χ0v) is 10.9. The molecule has 0 atom stereocenters. The number of aromatic nitrogens is 2. The normalized spacial score (nSPS) is 20.4. The van der Waals surface area contributed by atoms with Crippen LogP contribution >= 0.6 is 0 Å². The first-order valence-corrected chi connectivity index (χ1v) is 6.51. The SMILES string of the molecule is CC1CCN(c2ncc3c(n2)CN(C)C3=O)CC1. The fraction of sp³-hybridized carbons (Fsp3) is 0.615. The van der Waals surface area contributed by atoms with Crippen LogP contribution in [0.3, 0.4) is 0 Å². The maximum atomic E-state index is 11.8. The minimum absolute atomic E-state index is 0.0313. The molecule has 5 nitrogen and oxygen atoms in total. The summed E-state index contributed by atoms with van der Waals surface area (Å²) in [5.41, 5.74) is 1.53. The van der Waals surface area contributed by atoms with Crippen LogP contribution in [-0.2, 0) is 6.54 Å². The highest BCUT2D eigenvalue weighted by Gasteiger charge is 2.27. The predicted molar refractivity (Wildman–Crippen MR) is 68.4 cm³/mol. The highest BCUT2D eigenvalue weighted by atomic mass is 16.2. The van der Waals surface area contributed by atoms with E-state index >= 15 is 0 Å². The molecule has 0 spiro atoms. The largest absolute Gasteiger partial charge is 0.341 e. The van der Waals surface area contributed by atoms with E-state index in [0.29, 0.717) is 12.1 Å². The Morgan fingerprint density at radius 1 is 1.33 bits per heavy atom. The molecule has 1 fully saturated rings. The van der Waals surface area contributed by atoms with Crippen LogP contribution in [-0.4, -0.2) is 40.9 Å². The Morgan fingerprint density at radius 3 is 2.78 bits per heavy atom. The maximum Gasteiger partial charge on any atom is 0.257 e. The smallest absolute Gasteiger partial charge is 0.257 e. The second-order valence-corrected chi connectivity index (χ2v) is 5.36. The van der Waals surface area contributed by atoms with Gasteiger partial charge in [0, 0.05) is 26.3 Å². The van der Waals surface area contributed by atoms with Crippen LogP contribution in [0.1, 0.15) is 35.8 Å². The summed E-state index contributed by atoms with van der Waals surface area (Å²) in [6.07, 6.45) is 4.07. The quantitative estimate of drug-likeness (QED) is 0.749. The summed E-state index contributed by atoms with van der Waals surface area (Å²) in [4.78, 5) is 24.6. The van der Waals surface area contributed by atoms with E-state index in [4.69, 9.17) is 0 Å². The molecule has 2 aliphatic heterocycles. The Bertz CT molecular complexity index is 480. The Balaban J connectivity index is 1.83. The van der Waals surface area contributed by atoms with E-state index in [1.54, 1.807) is 18.1 Å². The number of fused-ring (bicyclic) bond motifs is 1. The molecule has 0 aliphatic carbocycles. The van der Waals surface area contributed by atoms with Crippen molar-refractivity contribution in [2.45, 2.75) is 26.3 Å². The molecule has 0 radical (unpaired) electrons. The standard InChI is InChI=1S/C13H18N4O/c1-9-3-5-17(6-4-9)13-14-7-10-11(15-13)8-16(2)12(10)18/h7,9H,3-6,8H2,1-2H3. The van der Waals surface area contributed by atoms with Gasteiger partial charge in [0.05, 0.1) is 17.8 Å². The van der Waals surface area contributed by atoms with Gasteiger partial charge < -0.3 is 9.80 Å². The van der Waals surface area contributed by atoms with Crippen LogP contribution in [0.15, 0.2) is 6.20 Å². The molecule has 3 heterocycles. The van der Waals surface area contributed by atoms with Crippen molar-refractivity contribution in [1.82, 2.24) is 14.9 Å². The molecule has 18 heavy (non-hydrogen) atoms. The lowest BCUT2D eigenvalue weighted by Gasteiger charge is -2.30. The predicted octanol–water partition coefficient (Wildman–Crippen LogP) is 1.30. The van der Waals surface area contributed by atoms with E-state index in [9.17, 15) is 4.79 Å². The molecule has 0 aromatic carbocycles. The van der Waals surface area contributed by atoms with E-state index in [1.807, 2.05) is 0 Å². The van der Waals surface area contributed by atoms with E-state index < -0.39 is 0 Å². The van der Waals surface area contributed by atoms with Gasteiger partial charge in [-0.2, -0.15) is 0 Å². The van der Waals surface area contributed by atoms with Crippen LogP contribution < -0.4 is 4.90 Å². The lowest BCUT2D eigenvalue weighted by molar-refractivity contribution is 0.0816. The molecule has 3 rings (SSSR count). The number of carbonyl (C=O) groups excluding carboxylic acids is 1. The summed E-state index contributed by atoms with van der Waals surface area (Å²) in [5, 5.41) is 0. The number of anilines is 1. The average molecular weight is 246 g/mol. The summed E-state index contributed by atoms with van der Waals surface area (Å²) in [6.45, 7) is 4.93. The summed E-state index contributed by atoms with van der Waals surface area (Å²) in [5.74, 6) is 1.61. The summed E-state index contributed by atoms with van der Waals surface area (Å²) in [6, 6.07) is 0. The zero-order chi connectivity index (χ0) is 12.7. The maximum absolute atomic E-state index is 11.8. The van der Waals surface area contributed by atoms with E-state index in [2.05, 4.69) is 21.8 Å². The van der Waals surface area contributed by atoms with Gasteiger partial charge in [0.15, 0.2) is 0 Å². The number of rotatable bonds is 1. The second-order valence-electron chi connectivity index (χ2n) is 5.36. The van der Waals surface area contributed by atoms with Gasteiger partial charge in [-0.15, -0.1) is 0 Å². The van der Waals surface area contributed by atoms with Crippen molar-refractivity contribution in [2.75, 3.05) is 25.0 Å². The van der Waals surface area contributed by atoms with Crippen LogP contribution in [0.25, 0.3) is 0 Å². The van der Waals surface area contributed by atoms with Crippen LogP contribution in [0.4, 0.5) is 5.95 Å². The Labute approximate surface area is 107 Å². The monoisotopic (exact) mass is 246 g/mol. The topological polar surface area (TPSA) is 49.3 Å². The van der Waals surface area contributed by atoms with E-state index in [-0.39, 0.29) is 5.91 Å². The van der Waals surface area contributed by atoms with Gasteiger partial charge in [0.2, 0.25) is 5.95 Å². The van der Waals surface area contributed by atoms with Gasteiger partial charge in [-0.1, -0.05) is 6.92 Å². The first-order valence-electron chi connectivity index (χ1n) is 6.51. The number of hydrogen-bond acceptors (Lipinski definition) is 4. The number of amides is 1. The minimum Gasteiger partial charge on any atom is -0.341 e. The summed E-state index contributed by atoms with van der Waals surface area (Å²) in [7, 11) is 1.80. The fourth-order valence-corrected chi connectivity index (χ4v) is 2.57. The van der Waals surface area contributed by atoms with Crippen LogP contribution in [0.2, 0.25) is 0 Å². The minimum atomic E-state index is 0.0313. The Hall–Kier alpha value is -1.65. The van der Waals surface area contributed by atoms with Gasteiger partial charge in [0.25, 0.3) is 5.91 Å². The third kappa shape index (κ3) is 1.83. The van der Waals surface area contributed by atoms with Crippen molar-refractivity contribution in [3.05, 3.63) is 17.5 Å². The Morgan fingerprint density at radius 2 is 2.06 bits per heavy atom. The van der Waals surface area contributed by atoms with Crippen LogP contribution in [0.5, 0.6) is 0 Å². The molecule has 1 aromatic rings. The lowest BCUT2D eigenvalue weighted by Crippen LogP contribution is -2.34. The van der Waals surface area contributed by atoms with Crippen molar-refractivity contribution in [3.63, 3.8) is 0 Å². The van der Waals surface area contributed by atoms with Gasteiger partial charge in [-0.05, 0) is 18.8 Å². The molecular weight excluding hydrogens is 228 g/mol. The molecule has 5 heteroatoms. The lowest BCUT2D eigenvalue weighted by atomic mass is 10.00. The number of carbonyl (C=O) groups is 1. The third-order valence-electron chi connectivity index (χ3n) is 3.89. The van der Waals surface area contributed by atoms with Gasteiger partial charge in [-0.25, -0.2) is 9.97 Å². The fourth-order valence-electron chi connectivity index (χ4n) is 2.57. The molecule has 1 amide bonds. The molecule has 0 unspecified atom stereocenters. The number of piperidine rings is 1. The first-order chi connectivity index (χ1) is 8.65. The van der Waals surface area contributed by atoms with E-state index in [0.717, 1.165) is 30.6 Å². The van der Waals surface area contributed by atoms with E-state index in [1.165, 1.54) is 12.8 Å². The molecule has 0 N–H and O–H groups in total. The van der Waals surface area contributed by atoms with Crippen molar-refractivity contribution < 1.29 is 4.79 Å². The molecular formula is C13H18N4O. The zero-order valence-electron chi connectivity index (χ0n) is 10.9. The van der Waals surface area contributed by atoms with Gasteiger partial charge in [-0.3, -0.25) is 4.79 Å². The third-order valence-corrected chi connectivity index (χ3v) is 3.89. The second kappa shape index (κ2) is 4.23. The van der Waals surface area contributed by atoms with Gasteiger partial charge in [0.1, 0.15) is 0 Å². The van der Waals surface area contributed by atoms with Gasteiger partial charge >= 0.3 is 0 Å². The van der Waals surface area contributed by atoms with Crippen LogP contribution in [0, 0.1) is 5.92 Å². The van der Waals surface area contributed by atoms with Crippen molar-refractivity contribution >= 4 is 11.9 Å². The molecule has 2 aliphatic rings. The number of hydrogen-bond donors (Lipinski definition) is 0. The summed E-state index contributed by atoms with van der Waals surface area (Å²) >= 11 is 0. The first kappa shape index (κ1) is 11.4. The molecule has 96 valence electrons. The summed E-state index contributed by atoms with van der Waals surface area (Å²) < 4.78 is 0. The highest BCUT2D eigenvalue weighted by molar-refractivity contribution is 5.97. The van der Waals surface area contributed by atoms with Crippen molar-refractivity contribution in [3.8, 4) is 0 Å².